The summed E-state index contributed by atoms with van der Waals surface area (Å²) in [6.45, 7) is 1.98. The number of benzene rings is 1. The van der Waals surface area contributed by atoms with Crippen LogP contribution in [-0.4, -0.2) is 34.2 Å². The molecule has 1 heterocycles. The molecular formula is C12H15NO3. The van der Waals surface area contributed by atoms with Gasteiger partial charge in [0.15, 0.2) is 0 Å². The van der Waals surface area contributed by atoms with Gasteiger partial charge >= 0.3 is 5.97 Å². The molecule has 1 unspecified atom stereocenters. The molecule has 1 aromatic rings. The molecule has 0 radical (unpaired) electrons. The number of phenols is 1. The lowest BCUT2D eigenvalue weighted by molar-refractivity contribution is -0.141. The fraction of sp³-hybridized carbons (Fsp3) is 0.417. The van der Waals surface area contributed by atoms with E-state index in [0.717, 1.165) is 12.1 Å². The highest BCUT2D eigenvalue weighted by atomic mass is 16.4. The summed E-state index contributed by atoms with van der Waals surface area (Å²) in [7, 11) is 0. The summed E-state index contributed by atoms with van der Waals surface area (Å²) in [5.74, 6) is -0.702. The number of aromatic hydroxyl groups is 1. The van der Waals surface area contributed by atoms with E-state index in [2.05, 4.69) is 4.90 Å². The molecule has 1 atom stereocenters. The monoisotopic (exact) mass is 221 g/mol. The average Bonchev–Trinajstić information content (AvgIpc) is 2.70. The number of carboxylic acid groups (broad SMARTS) is 1. The van der Waals surface area contributed by atoms with E-state index in [1.807, 2.05) is 12.1 Å². The third-order valence-electron chi connectivity index (χ3n) is 3.01. The smallest absolute Gasteiger partial charge is 0.307 e. The summed E-state index contributed by atoms with van der Waals surface area (Å²) in [6.07, 6.45) is 0.697. The molecule has 1 fully saturated rings. The Bertz CT molecular complexity index is 392. The predicted molar refractivity (Wildman–Crippen MR) is 59.1 cm³/mol. The van der Waals surface area contributed by atoms with Crippen LogP contribution in [0.25, 0.3) is 0 Å². The topological polar surface area (TPSA) is 60.8 Å². The van der Waals surface area contributed by atoms with Crippen molar-refractivity contribution in [1.29, 1.82) is 0 Å². The number of nitrogens with zero attached hydrogens (tertiary/aromatic N) is 1. The van der Waals surface area contributed by atoms with Gasteiger partial charge in [0.25, 0.3) is 0 Å². The summed E-state index contributed by atoms with van der Waals surface area (Å²) in [4.78, 5) is 12.9. The van der Waals surface area contributed by atoms with E-state index in [1.165, 1.54) is 0 Å². The van der Waals surface area contributed by atoms with Gasteiger partial charge in [-0.05, 0) is 19.0 Å². The van der Waals surface area contributed by atoms with Crippen molar-refractivity contribution >= 4 is 5.97 Å². The Morgan fingerprint density at radius 3 is 2.81 bits per heavy atom. The number of carbonyl (C=O) groups is 1. The second-order valence-electron chi connectivity index (χ2n) is 4.19. The molecular weight excluding hydrogens is 206 g/mol. The molecule has 0 bridgehead atoms. The number of rotatable bonds is 3. The van der Waals surface area contributed by atoms with Gasteiger partial charge in [-0.25, -0.2) is 0 Å². The maximum atomic E-state index is 10.8. The normalized spacial score (nSPS) is 21.1. The lowest BCUT2D eigenvalue weighted by atomic mass is 10.1. The molecule has 0 spiro atoms. The van der Waals surface area contributed by atoms with Gasteiger partial charge in [-0.3, -0.25) is 9.69 Å². The van der Waals surface area contributed by atoms with E-state index in [0.29, 0.717) is 19.5 Å². The summed E-state index contributed by atoms with van der Waals surface area (Å²) >= 11 is 0. The van der Waals surface area contributed by atoms with Crippen molar-refractivity contribution in [2.45, 2.75) is 13.0 Å². The van der Waals surface area contributed by atoms with Crippen LogP contribution >= 0.6 is 0 Å². The van der Waals surface area contributed by atoms with Crippen LogP contribution in [0.5, 0.6) is 5.75 Å². The summed E-state index contributed by atoms with van der Waals surface area (Å²) in [5.41, 5.74) is 0.855. The molecule has 4 heteroatoms. The predicted octanol–water partition coefficient (Wildman–Crippen LogP) is 1.30. The Morgan fingerprint density at radius 1 is 1.44 bits per heavy atom. The van der Waals surface area contributed by atoms with Crippen LogP contribution in [0.1, 0.15) is 12.0 Å². The van der Waals surface area contributed by atoms with E-state index in [-0.39, 0.29) is 11.7 Å². The average molecular weight is 221 g/mol. The van der Waals surface area contributed by atoms with Gasteiger partial charge in [0, 0.05) is 18.7 Å². The fourth-order valence-electron chi connectivity index (χ4n) is 2.06. The van der Waals surface area contributed by atoms with Crippen molar-refractivity contribution in [2.24, 2.45) is 5.92 Å². The maximum Gasteiger partial charge on any atom is 0.307 e. The fourth-order valence-corrected chi connectivity index (χ4v) is 2.06. The van der Waals surface area contributed by atoms with Gasteiger partial charge in [0.05, 0.1) is 5.92 Å². The largest absolute Gasteiger partial charge is 0.508 e. The van der Waals surface area contributed by atoms with Crippen LogP contribution in [0.15, 0.2) is 24.3 Å². The maximum absolute atomic E-state index is 10.8. The molecule has 0 amide bonds. The molecule has 0 aromatic heterocycles. The first-order valence-corrected chi connectivity index (χ1v) is 5.39. The molecule has 1 saturated heterocycles. The first kappa shape index (κ1) is 11.0. The Balaban J connectivity index is 1.97. The number of carboxylic acids is 1. The quantitative estimate of drug-likeness (QED) is 0.807. The van der Waals surface area contributed by atoms with E-state index in [9.17, 15) is 9.90 Å². The second-order valence-corrected chi connectivity index (χ2v) is 4.19. The molecule has 0 aliphatic carbocycles. The molecule has 1 aliphatic heterocycles. The number of para-hydroxylation sites is 1. The van der Waals surface area contributed by atoms with Crippen molar-refractivity contribution in [3.05, 3.63) is 29.8 Å². The van der Waals surface area contributed by atoms with Crippen molar-refractivity contribution in [1.82, 2.24) is 4.90 Å². The molecule has 86 valence electrons. The van der Waals surface area contributed by atoms with Crippen LogP contribution in [0.2, 0.25) is 0 Å². The van der Waals surface area contributed by atoms with E-state index in [4.69, 9.17) is 5.11 Å². The molecule has 4 nitrogen and oxygen atoms in total. The Labute approximate surface area is 94.1 Å². The Kier molecular flexibility index (Phi) is 3.10. The lowest BCUT2D eigenvalue weighted by Crippen LogP contribution is -2.22. The second kappa shape index (κ2) is 4.53. The van der Waals surface area contributed by atoms with Gasteiger partial charge in [0.1, 0.15) is 5.75 Å². The van der Waals surface area contributed by atoms with Crippen LogP contribution in [0, 0.1) is 5.92 Å². The first-order chi connectivity index (χ1) is 7.66. The highest BCUT2D eigenvalue weighted by molar-refractivity contribution is 5.70. The zero-order valence-electron chi connectivity index (χ0n) is 8.97. The number of phenolic OH excluding ortho intramolecular Hbond substituents is 1. The van der Waals surface area contributed by atoms with Crippen LogP contribution in [0.3, 0.4) is 0 Å². The Hall–Kier alpha value is -1.55. The summed E-state index contributed by atoms with van der Waals surface area (Å²) in [5, 5.41) is 18.5. The SMILES string of the molecule is O=C(O)C1CCN(Cc2ccccc2O)C1. The number of aliphatic carboxylic acids is 1. The zero-order chi connectivity index (χ0) is 11.5. The molecule has 1 aromatic carbocycles. The van der Waals surface area contributed by atoms with Gasteiger partial charge in [-0.1, -0.05) is 18.2 Å². The number of likely N-dealkylation sites (tertiary alicyclic amines) is 1. The number of hydrogen-bond donors (Lipinski definition) is 2. The third-order valence-corrected chi connectivity index (χ3v) is 3.01. The van der Waals surface area contributed by atoms with Crippen LogP contribution in [0.4, 0.5) is 0 Å². The summed E-state index contributed by atoms with van der Waals surface area (Å²) < 4.78 is 0. The molecule has 1 aliphatic rings. The third kappa shape index (κ3) is 2.33. The standard InChI is InChI=1S/C12H15NO3/c14-11-4-2-1-3-9(11)7-13-6-5-10(8-13)12(15)16/h1-4,10,14H,5-8H2,(H,15,16). The summed E-state index contributed by atoms with van der Waals surface area (Å²) in [6, 6.07) is 7.17. The molecule has 2 rings (SSSR count). The molecule has 0 saturated carbocycles. The molecule has 16 heavy (non-hydrogen) atoms. The van der Waals surface area contributed by atoms with Crippen molar-refractivity contribution < 1.29 is 15.0 Å². The Morgan fingerprint density at radius 2 is 2.19 bits per heavy atom. The minimum absolute atomic E-state index is 0.258. The van der Waals surface area contributed by atoms with E-state index >= 15 is 0 Å². The highest BCUT2D eigenvalue weighted by Gasteiger charge is 2.27. The number of hydrogen-bond acceptors (Lipinski definition) is 3. The lowest BCUT2D eigenvalue weighted by Gasteiger charge is -2.15. The van der Waals surface area contributed by atoms with Gasteiger partial charge in [-0.2, -0.15) is 0 Å². The van der Waals surface area contributed by atoms with Gasteiger partial charge in [-0.15, -0.1) is 0 Å². The van der Waals surface area contributed by atoms with Gasteiger partial charge in [0.2, 0.25) is 0 Å². The van der Waals surface area contributed by atoms with Gasteiger partial charge < -0.3 is 10.2 Å². The first-order valence-electron chi connectivity index (χ1n) is 5.39. The highest BCUT2D eigenvalue weighted by Crippen LogP contribution is 2.22. The van der Waals surface area contributed by atoms with E-state index < -0.39 is 5.97 Å². The zero-order valence-corrected chi connectivity index (χ0v) is 8.97. The molecule has 2 N–H and O–H groups in total. The minimum atomic E-state index is -0.722. The van der Waals surface area contributed by atoms with Crippen molar-refractivity contribution in [2.75, 3.05) is 13.1 Å². The van der Waals surface area contributed by atoms with Crippen molar-refractivity contribution in [3.63, 3.8) is 0 Å². The van der Waals surface area contributed by atoms with Crippen molar-refractivity contribution in [3.8, 4) is 5.75 Å². The van der Waals surface area contributed by atoms with E-state index in [1.54, 1.807) is 12.1 Å². The van der Waals surface area contributed by atoms with Crippen LogP contribution < -0.4 is 0 Å². The van der Waals surface area contributed by atoms with Crippen LogP contribution in [-0.2, 0) is 11.3 Å². The minimum Gasteiger partial charge on any atom is -0.508 e.